The molecule has 1 N–H and O–H groups in total. The molecule has 0 radical (unpaired) electrons. The van der Waals surface area contributed by atoms with Gasteiger partial charge in [0.15, 0.2) is 0 Å². The van der Waals surface area contributed by atoms with Crippen molar-refractivity contribution in [3.63, 3.8) is 0 Å². The van der Waals surface area contributed by atoms with Crippen LogP contribution in [0.3, 0.4) is 0 Å². The third kappa shape index (κ3) is 3.71. The number of pyridine rings is 1. The Balaban J connectivity index is 1.30. The topological polar surface area (TPSA) is 28.2 Å². The molecule has 2 aliphatic heterocycles. The summed E-state index contributed by atoms with van der Waals surface area (Å²) in [4.78, 5) is 9.88. The van der Waals surface area contributed by atoms with Gasteiger partial charge in [-0.25, -0.2) is 0 Å². The van der Waals surface area contributed by atoms with Crippen LogP contribution in [-0.4, -0.2) is 35.6 Å². The van der Waals surface area contributed by atoms with Crippen molar-refractivity contribution in [2.45, 2.75) is 44.7 Å². The zero-order valence-electron chi connectivity index (χ0n) is 14.3. The Labute approximate surface area is 149 Å². The average molecular weight is 342 g/mol. The minimum absolute atomic E-state index is 0.840. The highest BCUT2D eigenvalue weighted by atomic mass is 32.1. The predicted molar refractivity (Wildman–Crippen MR) is 101 cm³/mol. The number of nitrogens with zero attached hydrogens (tertiary/aromatic N) is 2. The molecule has 2 fully saturated rings. The average Bonchev–Trinajstić information content (AvgIpc) is 3.12. The molecule has 24 heavy (non-hydrogen) atoms. The van der Waals surface area contributed by atoms with E-state index in [0.29, 0.717) is 0 Å². The van der Waals surface area contributed by atoms with Crippen LogP contribution in [0.2, 0.25) is 0 Å². The van der Waals surface area contributed by atoms with Crippen molar-refractivity contribution in [3.05, 3.63) is 41.4 Å². The molecule has 0 aliphatic carbocycles. The Morgan fingerprint density at radius 2 is 2.04 bits per heavy atom. The molecule has 2 aliphatic rings. The predicted octanol–water partition coefficient (Wildman–Crippen LogP) is 4.16. The molecule has 0 bridgehead atoms. The first-order chi connectivity index (χ1) is 11.9. The molecule has 4 heterocycles. The molecule has 0 aromatic carbocycles. The van der Waals surface area contributed by atoms with Gasteiger partial charge in [-0.15, -0.1) is 11.3 Å². The van der Waals surface area contributed by atoms with Crippen molar-refractivity contribution in [1.82, 2.24) is 15.2 Å². The van der Waals surface area contributed by atoms with Crippen LogP contribution >= 0.6 is 11.3 Å². The van der Waals surface area contributed by atoms with Gasteiger partial charge in [-0.2, -0.15) is 0 Å². The zero-order valence-corrected chi connectivity index (χ0v) is 15.1. The summed E-state index contributed by atoms with van der Waals surface area (Å²) in [5.74, 6) is 0.842. The van der Waals surface area contributed by atoms with Gasteiger partial charge in [0.1, 0.15) is 0 Å². The largest absolute Gasteiger partial charge is 0.312 e. The lowest BCUT2D eigenvalue weighted by molar-refractivity contribution is 0.0594. The first-order valence-corrected chi connectivity index (χ1v) is 10.2. The van der Waals surface area contributed by atoms with E-state index in [1.165, 1.54) is 54.9 Å². The van der Waals surface area contributed by atoms with Crippen LogP contribution in [0.15, 0.2) is 36.5 Å². The van der Waals surface area contributed by atoms with Crippen LogP contribution in [0, 0.1) is 5.92 Å². The fourth-order valence-corrected chi connectivity index (χ4v) is 5.27. The van der Waals surface area contributed by atoms with Gasteiger partial charge in [0.05, 0.1) is 10.6 Å². The van der Waals surface area contributed by atoms with E-state index >= 15 is 0 Å². The number of hydrogen-bond donors (Lipinski definition) is 1. The lowest BCUT2D eigenvalue weighted by Gasteiger charge is -2.44. The third-order valence-electron chi connectivity index (χ3n) is 5.51. The maximum atomic E-state index is 4.45. The summed E-state index contributed by atoms with van der Waals surface area (Å²) in [7, 11) is 0. The van der Waals surface area contributed by atoms with Gasteiger partial charge < -0.3 is 10.2 Å². The Bertz CT molecular complexity index is 637. The van der Waals surface area contributed by atoms with E-state index in [1.54, 1.807) is 0 Å². The van der Waals surface area contributed by atoms with Crippen LogP contribution in [0.5, 0.6) is 0 Å². The first-order valence-electron chi connectivity index (χ1n) is 9.35. The van der Waals surface area contributed by atoms with Gasteiger partial charge >= 0.3 is 0 Å². The third-order valence-corrected chi connectivity index (χ3v) is 6.62. The number of piperidine rings is 2. The number of nitrogens with one attached hydrogen (secondary N) is 1. The smallest absolute Gasteiger partial charge is 0.0801 e. The second-order valence-corrected chi connectivity index (χ2v) is 8.28. The molecule has 4 rings (SSSR count). The van der Waals surface area contributed by atoms with Crippen LogP contribution in [0.4, 0.5) is 0 Å². The SMILES string of the molecule is c1ccc(-c2ccc(CNC[C@@H]3CCCN4CCCC[C@H]34)s2)nc1. The molecule has 3 nitrogen and oxygen atoms in total. The lowest BCUT2D eigenvalue weighted by atomic mass is 9.83. The maximum Gasteiger partial charge on any atom is 0.0801 e. The zero-order chi connectivity index (χ0) is 16.2. The van der Waals surface area contributed by atoms with Gasteiger partial charge in [-0.1, -0.05) is 12.5 Å². The van der Waals surface area contributed by atoms with Crippen LogP contribution in [0.25, 0.3) is 10.6 Å². The Kier molecular flexibility index (Phi) is 5.26. The fraction of sp³-hybridized carbons (Fsp3) is 0.550. The molecule has 0 unspecified atom stereocenters. The summed E-state index contributed by atoms with van der Waals surface area (Å²) in [6, 6.07) is 11.4. The molecule has 0 amide bonds. The molecule has 2 saturated heterocycles. The lowest BCUT2D eigenvalue weighted by Crippen LogP contribution is -2.50. The summed E-state index contributed by atoms with van der Waals surface area (Å²) < 4.78 is 0. The molecule has 2 atom stereocenters. The molecule has 128 valence electrons. The molecule has 2 aromatic heterocycles. The number of thiophene rings is 1. The molecule has 2 aromatic rings. The minimum atomic E-state index is 0.840. The van der Waals surface area contributed by atoms with E-state index in [0.717, 1.165) is 30.7 Å². The molecular weight excluding hydrogens is 314 g/mol. The van der Waals surface area contributed by atoms with E-state index in [-0.39, 0.29) is 0 Å². The van der Waals surface area contributed by atoms with Crippen molar-refractivity contribution in [2.24, 2.45) is 5.92 Å². The maximum absolute atomic E-state index is 4.45. The van der Waals surface area contributed by atoms with Crippen molar-refractivity contribution >= 4 is 11.3 Å². The van der Waals surface area contributed by atoms with E-state index in [2.05, 4.69) is 39.5 Å². The van der Waals surface area contributed by atoms with Gasteiger partial charge in [0.25, 0.3) is 0 Å². The highest BCUT2D eigenvalue weighted by Crippen LogP contribution is 2.31. The summed E-state index contributed by atoms with van der Waals surface area (Å²) >= 11 is 1.86. The first kappa shape index (κ1) is 16.2. The van der Waals surface area contributed by atoms with Crippen LogP contribution in [0.1, 0.15) is 37.0 Å². The van der Waals surface area contributed by atoms with E-state index in [4.69, 9.17) is 0 Å². The Morgan fingerprint density at radius 1 is 1.08 bits per heavy atom. The van der Waals surface area contributed by atoms with Gasteiger partial charge in [-0.3, -0.25) is 4.98 Å². The van der Waals surface area contributed by atoms with Crippen LogP contribution in [-0.2, 0) is 6.54 Å². The second kappa shape index (κ2) is 7.77. The Hall–Kier alpha value is -1.23. The highest BCUT2D eigenvalue weighted by Gasteiger charge is 2.32. The summed E-state index contributed by atoms with van der Waals surface area (Å²) in [5.41, 5.74) is 1.08. The molecule has 4 heteroatoms. The quantitative estimate of drug-likeness (QED) is 0.885. The number of aromatic nitrogens is 1. The van der Waals surface area contributed by atoms with Gasteiger partial charge in [-0.05, 0) is 75.5 Å². The molecular formula is C20H27N3S. The number of rotatable bonds is 5. The van der Waals surface area contributed by atoms with Gasteiger partial charge in [0, 0.05) is 23.7 Å². The van der Waals surface area contributed by atoms with E-state index < -0.39 is 0 Å². The van der Waals surface area contributed by atoms with Crippen molar-refractivity contribution in [3.8, 4) is 10.6 Å². The van der Waals surface area contributed by atoms with Crippen molar-refractivity contribution in [1.29, 1.82) is 0 Å². The monoisotopic (exact) mass is 341 g/mol. The minimum Gasteiger partial charge on any atom is -0.312 e. The summed E-state index contributed by atoms with van der Waals surface area (Å²) in [6.45, 7) is 4.82. The van der Waals surface area contributed by atoms with E-state index in [9.17, 15) is 0 Å². The van der Waals surface area contributed by atoms with Crippen molar-refractivity contribution in [2.75, 3.05) is 19.6 Å². The van der Waals surface area contributed by atoms with E-state index in [1.807, 2.05) is 23.6 Å². The Morgan fingerprint density at radius 3 is 2.96 bits per heavy atom. The normalized spacial score (nSPS) is 24.7. The number of fused-ring (bicyclic) bond motifs is 1. The molecule has 0 saturated carbocycles. The number of hydrogen-bond acceptors (Lipinski definition) is 4. The highest BCUT2D eigenvalue weighted by molar-refractivity contribution is 7.15. The second-order valence-electron chi connectivity index (χ2n) is 7.11. The fourth-order valence-electron chi connectivity index (χ4n) is 4.32. The standard InChI is InChI=1S/C20H27N3S/c1-3-11-22-18(7-1)20-10-9-17(24-20)15-21-14-16-6-5-13-23-12-4-2-8-19(16)23/h1,3,7,9-11,16,19,21H,2,4-6,8,12-15H2/t16-,19+/m0/s1. The molecule has 0 spiro atoms. The summed E-state index contributed by atoms with van der Waals surface area (Å²) in [6.07, 6.45) is 8.89. The summed E-state index contributed by atoms with van der Waals surface area (Å²) in [5, 5.41) is 3.73. The van der Waals surface area contributed by atoms with Crippen molar-refractivity contribution < 1.29 is 0 Å². The van der Waals surface area contributed by atoms with Gasteiger partial charge in [0.2, 0.25) is 0 Å². The van der Waals surface area contributed by atoms with Crippen LogP contribution < -0.4 is 5.32 Å².